The van der Waals surface area contributed by atoms with E-state index >= 15 is 0 Å². The average Bonchev–Trinajstić information content (AvgIpc) is 3.60. The first kappa shape index (κ1) is 28.8. The van der Waals surface area contributed by atoms with E-state index in [0.29, 0.717) is 43.1 Å². The number of halogens is 1. The molecule has 1 aliphatic heterocycles. The van der Waals surface area contributed by atoms with Crippen molar-refractivity contribution in [1.82, 2.24) is 15.5 Å². The number of rotatable bonds is 12. The largest absolute Gasteiger partial charge is 0.384 e. The molecular formula is C29H34ClN5O3S. The highest BCUT2D eigenvalue weighted by atomic mass is 35.5. The minimum absolute atomic E-state index is 0.00863. The maximum atomic E-state index is 13.7. The number of ether oxygens (including phenoxy) is 1. The van der Waals surface area contributed by atoms with E-state index in [1.165, 1.54) is 11.3 Å². The Hall–Kier alpha value is -3.24. The second kappa shape index (κ2) is 13.7. The average molecular weight is 568 g/mol. The Balaban J connectivity index is 1.43. The molecule has 0 spiro atoms. The van der Waals surface area contributed by atoms with Crippen molar-refractivity contribution >= 4 is 40.6 Å². The van der Waals surface area contributed by atoms with Gasteiger partial charge in [-0.15, -0.1) is 11.3 Å². The van der Waals surface area contributed by atoms with Crippen molar-refractivity contribution in [3.63, 3.8) is 0 Å². The zero-order valence-corrected chi connectivity index (χ0v) is 23.4. The molecule has 0 bridgehead atoms. The normalized spacial score (nSPS) is 17.6. The number of likely N-dealkylation sites (N-methyl/N-ethyl adjacent to an activating group) is 1. The molecule has 1 fully saturated rings. The summed E-state index contributed by atoms with van der Waals surface area (Å²) in [7, 11) is 1.77. The number of hydrogen-bond acceptors (Lipinski definition) is 6. The van der Waals surface area contributed by atoms with E-state index < -0.39 is 12.1 Å². The monoisotopic (exact) mass is 567 g/mol. The number of aryl methyl sites for hydroxylation is 1. The van der Waals surface area contributed by atoms with E-state index in [1.54, 1.807) is 23.4 Å². The number of carbonyl (C=O) groups is 2. The molecular weight excluding hydrogens is 534 g/mol. The number of nitrogens with zero attached hydrogens (tertiary/aromatic N) is 1. The van der Waals surface area contributed by atoms with Crippen LogP contribution in [0.3, 0.4) is 0 Å². The first-order valence-corrected chi connectivity index (χ1v) is 14.2. The third-order valence-corrected chi connectivity index (χ3v) is 8.05. The number of thiophene rings is 1. The van der Waals surface area contributed by atoms with Gasteiger partial charge in [-0.3, -0.25) is 15.0 Å². The van der Waals surface area contributed by atoms with Crippen molar-refractivity contribution in [3.05, 3.63) is 92.6 Å². The fourth-order valence-corrected chi connectivity index (χ4v) is 5.61. The van der Waals surface area contributed by atoms with Gasteiger partial charge in [-0.25, -0.2) is 0 Å². The van der Waals surface area contributed by atoms with Crippen LogP contribution in [-0.2, 0) is 33.9 Å². The van der Waals surface area contributed by atoms with Gasteiger partial charge in [0.05, 0.1) is 25.3 Å². The molecule has 3 aromatic rings. The zero-order chi connectivity index (χ0) is 27.8. The molecule has 1 aliphatic rings. The number of amidine groups is 1. The van der Waals surface area contributed by atoms with Crippen LogP contribution < -0.4 is 16.4 Å². The lowest BCUT2D eigenvalue weighted by Gasteiger charge is -2.28. The van der Waals surface area contributed by atoms with Gasteiger partial charge < -0.3 is 26.0 Å². The van der Waals surface area contributed by atoms with Crippen molar-refractivity contribution in [2.75, 3.05) is 13.6 Å². The van der Waals surface area contributed by atoms with Gasteiger partial charge >= 0.3 is 0 Å². The molecule has 10 heteroatoms. The van der Waals surface area contributed by atoms with E-state index in [4.69, 9.17) is 27.5 Å². The molecule has 0 radical (unpaired) electrons. The summed E-state index contributed by atoms with van der Waals surface area (Å²) in [5.41, 5.74) is 8.33. The Morgan fingerprint density at radius 2 is 1.92 bits per heavy atom. The molecule has 3 atom stereocenters. The summed E-state index contributed by atoms with van der Waals surface area (Å²) in [5.74, 6) is -0.344. The minimum Gasteiger partial charge on any atom is -0.384 e. The molecule has 1 aromatic heterocycles. The third-order valence-electron chi connectivity index (χ3n) is 6.86. The smallest absolute Gasteiger partial charge is 0.243 e. The molecule has 2 aromatic carbocycles. The summed E-state index contributed by atoms with van der Waals surface area (Å²) in [5, 5.41) is 16.2. The number of nitrogens with one attached hydrogen (secondary N) is 3. The van der Waals surface area contributed by atoms with Crippen LogP contribution >= 0.6 is 22.9 Å². The molecule has 0 saturated carbocycles. The summed E-state index contributed by atoms with van der Waals surface area (Å²) < 4.78 is 6.15. The number of hydrogen-bond donors (Lipinski definition) is 4. The van der Waals surface area contributed by atoms with Crippen LogP contribution in [0.25, 0.3) is 0 Å². The van der Waals surface area contributed by atoms with Crippen LogP contribution in [0.4, 0.5) is 0 Å². The van der Waals surface area contributed by atoms with Gasteiger partial charge in [0.15, 0.2) is 0 Å². The van der Waals surface area contributed by atoms with Gasteiger partial charge in [0.25, 0.3) is 0 Å². The topological polar surface area (TPSA) is 121 Å². The Morgan fingerprint density at radius 3 is 2.59 bits per heavy atom. The van der Waals surface area contributed by atoms with Crippen LogP contribution in [0, 0.1) is 5.41 Å². The number of amides is 2. The highest BCUT2D eigenvalue weighted by molar-refractivity contribution is 7.10. The van der Waals surface area contributed by atoms with Crippen molar-refractivity contribution in [1.29, 1.82) is 5.41 Å². The van der Waals surface area contributed by atoms with Crippen LogP contribution in [0.1, 0.15) is 34.4 Å². The molecule has 0 aliphatic carbocycles. The van der Waals surface area contributed by atoms with E-state index in [9.17, 15) is 9.59 Å². The first-order valence-electron chi connectivity index (χ1n) is 12.9. The predicted octanol–water partition coefficient (Wildman–Crippen LogP) is 3.71. The van der Waals surface area contributed by atoms with Crippen LogP contribution in [0.15, 0.2) is 66.0 Å². The lowest BCUT2D eigenvalue weighted by molar-refractivity contribution is -0.140. The highest BCUT2D eigenvalue weighted by Gasteiger charge is 2.41. The Morgan fingerprint density at radius 1 is 1.18 bits per heavy atom. The van der Waals surface area contributed by atoms with Crippen molar-refractivity contribution in [3.8, 4) is 0 Å². The second-order valence-electron chi connectivity index (χ2n) is 9.60. The van der Waals surface area contributed by atoms with Crippen LogP contribution in [0.5, 0.6) is 0 Å². The molecule has 1 saturated heterocycles. The molecule has 2 heterocycles. The van der Waals surface area contributed by atoms with E-state index in [1.807, 2.05) is 54.6 Å². The minimum atomic E-state index is -0.646. The van der Waals surface area contributed by atoms with Gasteiger partial charge in [-0.2, -0.15) is 0 Å². The van der Waals surface area contributed by atoms with Crippen LogP contribution in [0.2, 0.25) is 5.02 Å². The molecule has 8 nitrogen and oxygen atoms in total. The fourth-order valence-electron chi connectivity index (χ4n) is 4.66. The van der Waals surface area contributed by atoms with Gasteiger partial charge in [0, 0.05) is 33.8 Å². The zero-order valence-electron chi connectivity index (χ0n) is 21.9. The van der Waals surface area contributed by atoms with Gasteiger partial charge in [0.2, 0.25) is 11.8 Å². The quantitative estimate of drug-likeness (QED) is 0.196. The van der Waals surface area contributed by atoms with Crippen molar-refractivity contribution in [2.45, 2.75) is 50.6 Å². The summed E-state index contributed by atoms with van der Waals surface area (Å²) in [4.78, 5) is 29.6. The SMILES string of the molecule is CN[C@H](CCc1ccccc1)C(=O)N1C[C@H](OCc2ccc(Cl)cc2)C[C@H]1C(=O)NCc1cc(C(=N)N)cs1. The van der Waals surface area contributed by atoms with E-state index in [-0.39, 0.29) is 23.8 Å². The second-order valence-corrected chi connectivity index (χ2v) is 11.0. The summed E-state index contributed by atoms with van der Waals surface area (Å²) in [6, 6.07) is 18.2. The molecule has 5 N–H and O–H groups in total. The molecule has 0 unspecified atom stereocenters. The van der Waals surface area contributed by atoms with Crippen LogP contribution in [-0.4, -0.2) is 54.3 Å². The number of carbonyl (C=O) groups excluding carboxylic acids is 2. The molecule has 2 amide bonds. The lowest BCUT2D eigenvalue weighted by Crippen LogP contribution is -2.52. The Kier molecular flexibility index (Phi) is 10.1. The maximum Gasteiger partial charge on any atom is 0.243 e. The number of benzene rings is 2. The predicted molar refractivity (Wildman–Crippen MR) is 155 cm³/mol. The standard InChI is InChI=1S/C29H34ClN5O3S/c1-33-25(12-9-19-5-3-2-4-6-19)29(37)35-16-23(38-17-20-7-10-22(30)11-8-20)14-26(35)28(36)34-15-24-13-21(18-39-24)27(31)32/h2-8,10-11,13,18,23,25-26,33H,9,12,14-17H2,1H3,(H3,31,32)(H,34,36)/t23-,25-,26+/m1/s1. The summed E-state index contributed by atoms with van der Waals surface area (Å²) >= 11 is 7.42. The summed E-state index contributed by atoms with van der Waals surface area (Å²) in [6.07, 6.45) is 1.49. The van der Waals surface area contributed by atoms with Crippen molar-refractivity contribution in [2.24, 2.45) is 5.73 Å². The molecule has 39 heavy (non-hydrogen) atoms. The lowest BCUT2D eigenvalue weighted by atomic mass is 10.0. The van der Waals surface area contributed by atoms with E-state index in [0.717, 1.165) is 22.4 Å². The van der Waals surface area contributed by atoms with Gasteiger partial charge in [0.1, 0.15) is 11.9 Å². The van der Waals surface area contributed by atoms with Gasteiger partial charge in [-0.1, -0.05) is 54.1 Å². The van der Waals surface area contributed by atoms with E-state index in [2.05, 4.69) is 10.6 Å². The van der Waals surface area contributed by atoms with Crippen molar-refractivity contribution < 1.29 is 14.3 Å². The third kappa shape index (κ3) is 7.89. The molecule has 206 valence electrons. The molecule has 4 rings (SSSR count). The fraction of sp³-hybridized carbons (Fsp3) is 0.345. The highest BCUT2D eigenvalue weighted by Crippen LogP contribution is 2.24. The summed E-state index contributed by atoms with van der Waals surface area (Å²) in [6.45, 7) is 1.00. The number of likely N-dealkylation sites (tertiary alicyclic amines) is 1. The Bertz CT molecular complexity index is 1270. The van der Waals surface area contributed by atoms with Gasteiger partial charge in [-0.05, 0) is 49.2 Å². The first-order chi connectivity index (χ1) is 18.8. The number of nitrogen functional groups attached to an aromatic ring is 1. The number of nitrogens with two attached hydrogens (primary N) is 1. The Labute approximate surface area is 238 Å². The maximum absolute atomic E-state index is 13.7.